The Morgan fingerprint density at radius 3 is 2.81 bits per heavy atom. The maximum Gasteiger partial charge on any atom is 0.123 e. The van der Waals surface area contributed by atoms with Gasteiger partial charge in [0.05, 0.1) is 13.2 Å². The van der Waals surface area contributed by atoms with Crippen LogP contribution in [-0.2, 0) is 17.8 Å². The summed E-state index contributed by atoms with van der Waals surface area (Å²) in [6, 6.07) is 6.44. The number of likely N-dealkylation sites (tertiary alicyclic amines) is 1. The largest absolute Gasteiger partial charge is 0.496 e. The predicted octanol–water partition coefficient (Wildman–Crippen LogP) is 2.27. The number of hydrogen-bond donors (Lipinski definition) is 1. The number of methoxy groups -OCH3 is 2. The minimum Gasteiger partial charge on any atom is -0.496 e. The molecule has 2 atom stereocenters. The third kappa shape index (κ3) is 4.19. The van der Waals surface area contributed by atoms with Gasteiger partial charge in [-0.2, -0.15) is 0 Å². The van der Waals surface area contributed by atoms with E-state index in [0.29, 0.717) is 12.0 Å². The molecule has 0 aliphatic carbocycles. The fourth-order valence-electron chi connectivity index (χ4n) is 3.06. The van der Waals surface area contributed by atoms with Gasteiger partial charge in [-0.3, -0.25) is 4.90 Å². The second-order valence-electron chi connectivity index (χ2n) is 5.95. The van der Waals surface area contributed by atoms with E-state index in [9.17, 15) is 0 Å². The van der Waals surface area contributed by atoms with Gasteiger partial charge in [-0.05, 0) is 43.6 Å². The van der Waals surface area contributed by atoms with Crippen LogP contribution in [0.3, 0.4) is 0 Å². The summed E-state index contributed by atoms with van der Waals surface area (Å²) < 4.78 is 11.1. The van der Waals surface area contributed by atoms with Gasteiger partial charge in [0.15, 0.2) is 0 Å². The third-order valence-electron chi connectivity index (χ3n) is 4.40. The Bertz CT molecular complexity index is 450. The van der Waals surface area contributed by atoms with Crippen LogP contribution < -0.4 is 10.1 Å². The number of nitrogens with zero attached hydrogens (tertiary/aromatic N) is 1. The van der Waals surface area contributed by atoms with Crippen LogP contribution in [0, 0.1) is 5.92 Å². The molecule has 1 aromatic carbocycles. The first-order chi connectivity index (χ1) is 10.2. The van der Waals surface area contributed by atoms with Crippen LogP contribution >= 0.6 is 0 Å². The van der Waals surface area contributed by atoms with Crippen molar-refractivity contribution < 1.29 is 9.47 Å². The summed E-state index contributed by atoms with van der Waals surface area (Å²) >= 11 is 0. The van der Waals surface area contributed by atoms with E-state index in [2.05, 4.69) is 35.3 Å². The fraction of sp³-hybridized carbons (Fsp3) is 0.647. The smallest absolute Gasteiger partial charge is 0.123 e. The quantitative estimate of drug-likeness (QED) is 0.872. The molecule has 2 unspecified atom stereocenters. The van der Waals surface area contributed by atoms with Crippen molar-refractivity contribution in [2.75, 3.05) is 34.4 Å². The molecule has 4 heteroatoms. The summed E-state index contributed by atoms with van der Waals surface area (Å²) in [7, 11) is 5.53. The highest BCUT2D eigenvalue weighted by molar-refractivity contribution is 5.37. The van der Waals surface area contributed by atoms with Crippen molar-refractivity contribution >= 4 is 0 Å². The standard InChI is InChI=1S/C17H28N2O2/c1-13-7-8-19(12-17(13)21-4)11-15-9-14(10-18-2)5-6-16(15)20-3/h5-6,9,13,17-18H,7-8,10-12H2,1-4H3. The van der Waals surface area contributed by atoms with Crippen LogP contribution in [0.25, 0.3) is 0 Å². The topological polar surface area (TPSA) is 33.7 Å². The molecular weight excluding hydrogens is 264 g/mol. The molecule has 2 rings (SSSR count). The minimum absolute atomic E-state index is 0.338. The van der Waals surface area contributed by atoms with Gasteiger partial charge in [-0.25, -0.2) is 0 Å². The van der Waals surface area contributed by atoms with Crippen molar-refractivity contribution in [2.45, 2.75) is 32.5 Å². The van der Waals surface area contributed by atoms with E-state index in [1.807, 2.05) is 14.2 Å². The molecular formula is C17H28N2O2. The first kappa shape index (κ1) is 16.3. The average molecular weight is 292 g/mol. The Kier molecular flexibility index (Phi) is 6.03. The maximum absolute atomic E-state index is 5.61. The molecule has 0 radical (unpaired) electrons. The van der Waals surface area contributed by atoms with E-state index in [1.165, 1.54) is 17.5 Å². The Morgan fingerprint density at radius 1 is 1.33 bits per heavy atom. The van der Waals surface area contributed by atoms with Crippen LogP contribution in [0.4, 0.5) is 0 Å². The molecule has 1 aliphatic rings. The van der Waals surface area contributed by atoms with Crippen molar-refractivity contribution in [1.82, 2.24) is 10.2 Å². The van der Waals surface area contributed by atoms with Crippen LogP contribution in [0.15, 0.2) is 18.2 Å². The van der Waals surface area contributed by atoms with Gasteiger partial charge >= 0.3 is 0 Å². The Morgan fingerprint density at radius 2 is 2.14 bits per heavy atom. The minimum atomic E-state index is 0.338. The number of hydrogen-bond acceptors (Lipinski definition) is 4. The lowest BCUT2D eigenvalue weighted by atomic mass is 9.95. The Labute approximate surface area is 128 Å². The summed E-state index contributed by atoms with van der Waals surface area (Å²) in [5.41, 5.74) is 2.55. The molecule has 1 N–H and O–H groups in total. The summed E-state index contributed by atoms with van der Waals surface area (Å²) in [5.74, 6) is 1.62. The van der Waals surface area contributed by atoms with Crippen molar-refractivity contribution in [3.05, 3.63) is 29.3 Å². The second-order valence-corrected chi connectivity index (χ2v) is 5.95. The van der Waals surface area contributed by atoms with E-state index in [4.69, 9.17) is 9.47 Å². The van der Waals surface area contributed by atoms with E-state index >= 15 is 0 Å². The Balaban J connectivity index is 2.08. The molecule has 21 heavy (non-hydrogen) atoms. The van der Waals surface area contributed by atoms with Crippen LogP contribution in [0.2, 0.25) is 0 Å². The zero-order chi connectivity index (χ0) is 15.2. The number of piperidine rings is 1. The van der Waals surface area contributed by atoms with Gasteiger partial charge in [0.1, 0.15) is 5.75 Å². The molecule has 1 aromatic rings. The Hall–Kier alpha value is -1.10. The molecule has 0 spiro atoms. The number of rotatable bonds is 6. The molecule has 1 fully saturated rings. The average Bonchev–Trinajstić information content (AvgIpc) is 2.50. The van der Waals surface area contributed by atoms with Gasteiger partial charge in [-0.1, -0.05) is 13.0 Å². The van der Waals surface area contributed by atoms with Gasteiger partial charge in [0.2, 0.25) is 0 Å². The first-order valence-electron chi connectivity index (χ1n) is 7.73. The summed E-state index contributed by atoms with van der Waals surface area (Å²) in [4.78, 5) is 2.47. The highest BCUT2D eigenvalue weighted by Gasteiger charge is 2.26. The number of ether oxygens (including phenoxy) is 2. The van der Waals surface area contributed by atoms with Crippen molar-refractivity contribution in [1.29, 1.82) is 0 Å². The highest BCUT2D eigenvalue weighted by atomic mass is 16.5. The predicted molar refractivity (Wildman–Crippen MR) is 85.6 cm³/mol. The molecule has 1 heterocycles. The first-order valence-corrected chi connectivity index (χ1v) is 7.73. The molecule has 0 amide bonds. The number of nitrogens with one attached hydrogen (secondary N) is 1. The van der Waals surface area contributed by atoms with E-state index in [-0.39, 0.29) is 0 Å². The third-order valence-corrected chi connectivity index (χ3v) is 4.40. The molecule has 1 aliphatic heterocycles. The lowest BCUT2D eigenvalue weighted by molar-refractivity contribution is -0.00762. The van der Waals surface area contributed by atoms with Crippen molar-refractivity contribution in [2.24, 2.45) is 5.92 Å². The van der Waals surface area contributed by atoms with Crippen LogP contribution in [0.1, 0.15) is 24.5 Å². The monoisotopic (exact) mass is 292 g/mol. The summed E-state index contributed by atoms with van der Waals surface area (Å²) in [6.45, 7) is 6.21. The van der Waals surface area contributed by atoms with Gasteiger partial charge < -0.3 is 14.8 Å². The highest BCUT2D eigenvalue weighted by Crippen LogP contribution is 2.25. The van der Waals surface area contributed by atoms with Crippen LogP contribution in [0.5, 0.6) is 5.75 Å². The molecule has 118 valence electrons. The second kappa shape index (κ2) is 7.78. The maximum atomic E-state index is 5.61. The molecule has 0 aromatic heterocycles. The van der Waals surface area contributed by atoms with Gasteiger partial charge in [0, 0.05) is 32.3 Å². The fourth-order valence-corrected chi connectivity index (χ4v) is 3.06. The van der Waals surface area contributed by atoms with Crippen LogP contribution in [-0.4, -0.2) is 45.4 Å². The SMILES string of the molecule is CNCc1ccc(OC)c(CN2CCC(C)C(OC)C2)c1. The van der Waals surface area contributed by atoms with Gasteiger partial charge in [-0.15, -0.1) is 0 Å². The zero-order valence-corrected chi connectivity index (χ0v) is 13.7. The summed E-state index contributed by atoms with van der Waals surface area (Å²) in [5, 5.41) is 3.20. The lowest BCUT2D eigenvalue weighted by Crippen LogP contribution is -2.43. The molecule has 0 saturated carbocycles. The van der Waals surface area contributed by atoms with E-state index in [1.54, 1.807) is 7.11 Å². The lowest BCUT2D eigenvalue weighted by Gasteiger charge is -2.36. The van der Waals surface area contributed by atoms with Crippen molar-refractivity contribution in [3.8, 4) is 5.75 Å². The molecule has 4 nitrogen and oxygen atoms in total. The summed E-state index contributed by atoms with van der Waals surface area (Å²) in [6.07, 6.45) is 1.53. The zero-order valence-electron chi connectivity index (χ0n) is 13.7. The van der Waals surface area contributed by atoms with E-state index < -0.39 is 0 Å². The van der Waals surface area contributed by atoms with E-state index in [0.717, 1.165) is 31.9 Å². The van der Waals surface area contributed by atoms with Gasteiger partial charge in [0.25, 0.3) is 0 Å². The molecule has 0 bridgehead atoms. The normalized spacial score (nSPS) is 23.2. The number of benzene rings is 1. The van der Waals surface area contributed by atoms with Crippen molar-refractivity contribution in [3.63, 3.8) is 0 Å². The molecule has 1 saturated heterocycles.